The van der Waals surface area contributed by atoms with Crippen LogP contribution in [0.2, 0.25) is 0 Å². The van der Waals surface area contributed by atoms with E-state index in [4.69, 9.17) is 10.5 Å². The maximum atomic E-state index is 11.8. The molecule has 8 nitrogen and oxygen atoms in total. The Balaban J connectivity index is 1.47. The molecule has 1 aliphatic heterocycles. The number of nitrogens with two attached hydrogens (primary N) is 1. The van der Waals surface area contributed by atoms with E-state index >= 15 is 0 Å². The topological polar surface area (TPSA) is 99.2 Å². The molecule has 4 rings (SSSR count). The molecule has 1 atom stereocenters. The number of rotatable bonds is 7. The van der Waals surface area contributed by atoms with Crippen LogP contribution in [0.1, 0.15) is 12.0 Å². The van der Waals surface area contributed by atoms with Crippen molar-refractivity contribution in [2.45, 2.75) is 13.0 Å². The Morgan fingerprint density at radius 1 is 1.30 bits per heavy atom. The first-order valence-electron chi connectivity index (χ1n) is 9.85. The number of benzene rings is 1. The van der Waals surface area contributed by atoms with E-state index in [0.717, 1.165) is 17.5 Å². The number of aromatic nitrogens is 4. The van der Waals surface area contributed by atoms with E-state index in [1.165, 1.54) is 12.4 Å². The van der Waals surface area contributed by atoms with E-state index in [1.807, 2.05) is 29.1 Å². The lowest BCUT2D eigenvalue weighted by Gasteiger charge is -2.15. The predicted molar refractivity (Wildman–Crippen MR) is 114 cm³/mol. The van der Waals surface area contributed by atoms with E-state index in [9.17, 15) is 4.79 Å². The summed E-state index contributed by atoms with van der Waals surface area (Å²) in [6.07, 6.45) is 7.27. The van der Waals surface area contributed by atoms with Gasteiger partial charge in [-0.05, 0) is 18.1 Å². The van der Waals surface area contributed by atoms with Crippen LogP contribution in [-0.4, -0.2) is 50.3 Å². The molecule has 3 aromatic rings. The summed E-state index contributed by atoms with van der Waals surface area (Å²) in [6, 6.07) is 10.1. The summed E-state index contributed by atoms with van der Waals surface area (Å²) in [4.78, 5) is 22.0. The van der Waals surface area contributed by atoms with Crippen LogP contribution < -0.4 is 10.5 Å². The number of hydrogen-bond acceptors (Lipinski definition) is 6. The van der Waals surface area contributed by atoms with Gasteiger partial charge in [-0.15, -0.1) is 0 Å². The summed E-state index contributed by atoms with van der Waals surface area (Å²) in [6.45, 7) is 6.01. The van der Waals surface area contributed by atoms with Crippen LogP contribution in [0.5, 0.6) is 5.88 Å². The zero-order valence-corrected chi connectivity index (χ0v) is 16.6. The minimum Gasteiger partial charge on any atom is -0.477 e. The molecule has 3 heterocycles. The highest BCUT2D eigenvalue weighted by Crippen LogP contribution is 2.32. The number of amides is 1. The van der Waals surface area contributed by atoms with E-state index < -0.39 is 0 Å². The number of carbonyl (C=O) groups is 1. The second-order valence-corrected chi connectivity index (χ2v) is 7.31. The predicted octanol–water partition coefficient (Wildman–Crippen LogP) is 2.38. The van der Waals surface area contributed by atoms with Crippen molar-refractivity contribution in [3.05, 3.63) is 67.3 Å². The summed E-state index contributed by atoms with van der Waals surface area (Å²) in [5.41, 5.74) is 8.73. The Morgan fingerprint density at radius 3 is 2.93 bits per heavy atom. The summed E-state index contributed by atoms with van der Waals surface area (Å²) in [5.74, 6) is 0.957. The van der Waals surface area contributed by atoms with Gasteiger partial charge in [0.05, 0.1) is 24.9 Å². The number of anilines is 1. The van der Waals surface area contributed by atoms with Crippen LogP contribution in [0, 0.1) is 5.92 Å². The zero-order chi connectivity index (χ0) is 20.9. The normalized spacial score (nSPS) is 15.9. The third kappa shape index (κ3) is 4.32. The number of hydrogen-bond donors (Lipinski definition) is 1. The first-order valence-corrected chi connectivity index (χ1v) is 9.85. The molecule has 0 saturated carbocycles. The van der Waals surface area contributed by atoms with Crippen molar-refractivity contribution in [3.63, 3.8) is 0 Å². The smallest absolute Gasteiger partial charge is 0.245 e. The minimum absolute atomic E-state index is 0.0460. The maximum Gasteiger partial charge on any atom is 0.245 e. The van der Waals surface area contributed by atoms with Gasteiger partial charge in [0.15, 0.2) is 0 Å². The summed E-state index contributed by atoms with van der Waals surface area (Å²) in [5, 5.41) is 4.44. The Morgan fingerprint density at radius 2 is 2.13 bits per heavy atom. The van der Waals surface area contributed by atoms with Gasteiger partial charge >= 0.3 is 0 Å². The molecule has 1 amide bonds. The lowest BCUT2D eigenvalue weighted by Crippen LogP contribution is -2.27. The van der Waals surface area contributed by atoms with Crippen LogP contribution in [0.3, 0.4) is 0 Å². The quantitative estimate of drug-likeness (QED) is 0.607. The highest BCUT2D eigenvalue weighted by atomic mass is 16.5. The molecule has 0 bridgehead atoms. The van der Waals surface area contributed by atoms with Crippen molar-refractivity contribution in [3.8, 4) is 17.0 Å². The third-order valence-electron chi connectivity index (χ3n) is 5.18. The highest BCUT2D eigenvalue weighted by Gasteiger charge is 2.26. The molecule has 0 aliphatic carbocycles. The number of ether oxygens (including phenoxy) is 1. The molecule has 1 fully saturated rings. The SMILES string of the molecule is C=CC(=O)N1CC[C@@H](COc2ncnc(N)c2-c2cnn(Cc3ccccc3)c2)C1. The maximum absolute atomic E-state index is 11.8. The molecule has 0 radical (unpaired) electrons. The summed E-state index contributed by atoms with van der Waals surface area (Å²) in [7, 11) is 0. The van der Waals surface area contributed by atoms with Gasteiger partial charge in [0.1, 0.15) is 12.1 Å². The Bertz CT molecular complexity index is 1030. The fraction of sp³-hybridized carbons (Fsp3) is 0.273. The number of nitrogen functional groups attached to an aromatic ring is 1. The molecule has 30 heavy (non-hydrogen) atoms. The van der Waals surface area contributed by atoms with E-state index in [1.54, 1.807) is 11.1 Å². The molecule has 1 saturated heterocycles. The van der Waals surface area contributed by atoms with Gasteiger partial charge in [-0.3, -0.25) is 9.48 Å². The largest absolute Gasteiger partial charge is 0.477 e. The highest BCUT2D eigenvalue weighted by molar-refractivity contribution is 5.87. The van der Waals surface area contributed by atoms with Crippen LogP contribution in [0.15, 0.2) is 61.7 Å². The summed E-state index contributed by atoms with van der Waals surface area (Å²) < 4.78 is 7.86. The molecule has 1 aliphatic rings. The van der Waals surface area contributed by atoms with Crippen molar-refractivity contribution in [2.75, 3.05) is 25.4 Å². The Hall–Kier alpha value is -3.68. The average Bonchev–Trinajstić information content (AvgIpc) is 3.42. The van der Waals surface area contributed by atoms with Gasteiger partial charge < -0.3 is 15.4 Å². The van der Waals surface area contributed by atoms with Gasteiger partial charge in [-0.25, -0.2) is 9.97 Å². The number of carbonyl (C=O) groups excluding carboxylic acids is 1. The van der Waals surface area contributed by atoms with Gasteiger partial charge in [-0.1, -0.05) is 36.9 Å². The number of nitrogens with zero attached hydrogens (tertiary/aromatic N) is 5. The molecular formula is C22H24N6O2. The zero-order valence-electron chi connectivity index (χ0n) is 16.6. The van der Waals surface area contributed by atoms with Crippen molar-refractivity contribution >= 4 is 11.7 Å². The molecule has 2 N–H and O–H groups in total. The van der Waals surface area contributed by atoms with E-state index in [2.05, 4.69) is 33.8 Å². The standard InChI is InChI=1S/C22H24N6O2/c1-2-19(29)27-9-8-17(11-27)14-30-22-20(21(23)24-15-25-22)18-10-26-28(13-18)12-16-6-4-3-5-7-16/h2-7,10,13,15,17H,1,8-9,11-12,14H2,(H2,23,24,25)/t17-/m1/s1. The van der Waals surface area contributed by atoms with Crippen LogP contribution in [0.25, 0.3) is 11.1 Å². The molecule has 8 heteroatoms. The Kier molecular flexibility index (Phi) is 5.74. The molecule has 154 valence electrons. The van der Waals surface area contributed by atoms with Crippen molar-refractivity contribution in [1.82, 2.24) is 24.6 Å². The second-order valence-electron chi connectivity index (χ2n) is 7.31. The fourth-order valence-electron chi connectivity index (χ4n) is 3.61. The molecule has 2 aromatic heterocycles. The first-order chi connectivity index (χ1) is 14.6. The lowest BCUT2D eigenvalue weighted by molar-refractivity contribution is -0.125. The van der Waals surface area contributed by atoms with Gasteiger partial charge in [0, 0.05) is 30.8 Å². The minimum atomic E-state index is -0.0460. The second kappa shape index (κ2) is 8.77. The molecule has 1 aromatic carbocycles. The van der Waals surface area contributed by atoms with Crippen LogP contribution >= 0.6 is 0 Å². The average molecular weight is 404 g/mol. The van der Waals surface area contributed by atoms with Crippen molar-refractivity contribution in [2.24, 2.45) is 5.92 Å². The molecule has 0 unspecified atom stereocenters. The van der Waals surface area contributed by atoms with Gasteiger partial charge in [0.2, 0.25) is 11.8 Å². The van der Waals surface area contributed by atoms with Crippen molar-refractivity contribution < 1.29 is 9.53 Å². The van der Waals surface area contributed by atoms with Crippen molar-refractivity contribution in [1.29, 1.82) is 0 Å². The fourth-order valence-corrected chi connectivity index (χ4v) is 3.61. The lowest BCUT2D eigenvalue weighted by atomic mass is 10.1. The Labute approximate surface area is 175 Å². The first kappa shape index (κ1) is 19.6. The third-order valence-corrected chi connectivity index (χ3v) is 5.18. The van der Waals surface area contributed by atoms with E-state index in [0.29, 0.717) is 43.5 Å². The van der Waals surface area contributed by atoms with Gasteiger partial charge in [-0.2, -0.15) is 5.10 Å². The van der Waals surface area contributed by atoms with Crippen LogP contribution in [0.4, 0.5) is 5.82 Å². The number of likely N-dealkylation sites (tertiary alicyclic amines) is 1. The van der Waals surface area contributed by atoms with Crippen LogP contribution in [-0.2, 0) is 11.3 Å². The monoisotopic (exact) mass is 404 g/mol. The van der Waals surface area contributed by atoms with E-state index in [-0.39, 0.29) is 11.8 Å². The van der Waals surface area contributed by atoms with Gasteiger partial charge in [0.25, 0.3) is 0 Å². The summed E-state index contributed by atoms with van der Waals surface area (Å²) >= 11 is 0. The molecular weight excluding hydrogens is 380 g/mol. The molecule has 0 spiro atoms.